The van der Waals surface area contributed by atoms with Crippen molar-refractivity contribution in [2.45, 2.75) is 150 Å². The Labute approximate surface area is 392 Å². The topological polar surface area (TPSA) is 25.8 Å². The SMILES string of the molecule is CC(C)(C)c1cc(-c2cccc(-c3nc(-c4cc(C(C)(C)C)cc(C(C)(C)C)c4)cc(-c4cc(C(C)(C)C)cc(C(C)(C)C)c4)n3)c2)cc(-c2ccc3c(c2)C(C)(C)c2ccccc2-3)c1. The van der Waals surface area contributed by atoms with Crippen LogP contribution < -0.4 is 0 Å². The van der Waals surface area contributed by atoms with Gasteiger partial charge in [-0.3, -0.25) is 0 Å². The van der Waals surface area contributed by atoms with Crippen LogP contribution in [0.1, 0.15) is 157 Å². The van der Waals surface area contributed by atoms with E-state index >= 15 is 0 Å². The van der Waals surface area contributed by atoms with Crippen LogP contribution >= 0.6 is 0 Å². The number of hydrogen-bond donors (Lipinski definition) is 0. The first kappa shape index (κ1) is 45.9. The van der Waals surface area contributed by atoms with Crippen molar-refractivity contribution in [3.8, 4) is 67.3 Å². The van der Waals surface area contributed by atoms with Gasteiger partial charge in [0.1, 0.15) is 0 Å². The highest BCUT2D eigenvalue weighted by molar-refractivity contribution is 5.85. The number of benzene rings is 6. The van der Waals surface area contributed by atoms with Crippen molar-refractivity contribution >= 4 is 0 Å². The summed E-state index contributed by atoms with van der Waals surface area (Å²) in [4.78, 5) is 11.0. The number of rotatable bonds is 5. The smallest absolute Gasteiger partial charge is 0.160 e. The van der Waals surface area contributed by atoms with Crippen LogP contribution in [0.5, 0.6) is 0 Å². The molecule has 2 nitrogen and oxygen atoms in total. The molecular formula is C63H72N2. The van der Waals surface area contributed by atoms with Crippen molar-refractivity contribution in [2.24, 2.45) is 0 Å². The normalized spacial score (nSPS) is 14.0. The van der Waals surface area contributed by atoms with Crippen LogP contribution in [0.4, 0.5) is 0 Å². The molecule has 0 bridgehead atoms. The molecule has 2 heteroatoms. The van der Waals surface area contributed by atoms with Crippen LogP contribution in [0.25, 0.3) is 67.3 Å². The summed E-state index contributed by atoms with van der Waals surface area (Å²) in [6, 6.07) is 48.5. The van der Waals surface area contributed by atoms with E-state index in [0.717, 1.165) is 39.5 Å². The fourth-order valence-corrected chi connectivity index (χ4v) is 9.27. The lowest BCUT2D eigenvalue weighted by atomic mass is 9.79. The molecule has 0 N–H and O–H groups in total. The highest BCUT2D eigenvalue weighted by Gasteiger charge is 2.35. The molecule has 0 saturated carbocycles. The third-order valence-electron chi connectivity index (χ3n) is 13.8. The van der Waals surface area contributed by atoms with Gasteiger partial charge >= 0.3 is 0 Å². The Morgan fingerprint density at radius 1 is 0.308 bits per heavy atom. The largest absolute Gasteiger partial charge is 0.228 e. The van der Waals surface area contributed by atoms with Crippen LogP contribution in [0.2, 0.25) is 0 Å². The molecule has 0 unspecified atom stereocenters. The van der Waals surface area contributed by atoms with Crippen LogP contribution in [-0.4, -0.2) is 9.97 Å². The molecule has 65 heavy (non-hydrogen) atoms. The van der Waals surface area contributed by atoms with Gasteiger partial charge in [-0.1, -0.05) is 197 Å². The number of aromatic nitrogens is 2. The lowest BCUT2D eigenvalue weighted by molar-refractivity contribution is 0.568. The zero-order chi connectivity index (χ0) is 47.2. The summed E-state index contributed by atoms with van der Waals surface area (Å²) in [5.74, 6) is 0.726. The molecule has 0 saturated heterocycles. The van der Waals surface area contributed by atoms with E-state index < -0.39 is 0 Å². The van der Waals surface area contributed by atoms with Crippen molar-refractivity contribution in [1.82, 2.24) is 9.97 Å². The third kappa shape index (κ3) is 9.16. The summed E-state index contributed by atoms with van der Waals surface area (Å²) in [5.41, 5.74) is 21.7. The summed E-state index contributed by atoms with van der Waals surface area (Å²) < 4.78 is 0. The van der Waals surface area contributed by atoms with Gasteiger partial charge < -0.3 is 0 Å². The zero-order valence-corrected chi connectivity index (χ0v) is 42.5. The Kier molecular flexibility index (Phi) is 11.2. The first-order chi connectivity index (χ1) is 30.1. The minimum atomic E-state index is -0.0706. The van der Waals surface area contributed by atoms with E-state index in [1.807, 2.05) is 0 Å². The lowest BCUT2D eigenvalue weighted by Gasteiger charge is -2.27. The number of fused-ring (bicyclic) bond motifs is 3. The second kappa shape index (κ2) is 15.8. The Balaban J connectivity index is 1.32. The van der Waals surface area contributed by atoms with E-state index in [2.05, 4.69) is 245 Å². The van der Waals surface area contributed by atoms with Gasteiger partial charge in [0.2, 0.25) is 0 Å². The molecule has 1 aliphatic rings. The summed E-state index contributed by atoms with van der Waals surface area (Å²) in [5, 5.41) is 0. The number of hydrogen-bond acceptors (Lipinski definition) is 2. The quantitative estimate of drug-likeness (QED) is 0.172. The fraction of sp³-hybridized carbons (Fsp3) is 0.365. The van der Waals surface area contributed by atoms with Gasteiger partial charge in [0, 0.05) is 22.1 Å². The second-order valence-electron chi connectivity index (χ2n) is 24.6. The molecular weight excluding hydrogens is 785 g/mol. The Bertz CT molecular complexity index is 2800. The summed E-state index contributed by atoms with van der Waals surface area (Å²) in [6.07, 6.45) is 0. The van der Waals surface area contributed by atoms with Gasteiger partial charge in [0.05, 0.1) is 11.4 Å². The minimum Gasteiger partial charge on any atom is -0.228 e. The molecule has 6 aromatic carbocycles. The van der Waals surface area contributed by atoms with Gasteiger partial charge in [0.25, 0.3) is 0 Å². The highest BCUT2D eigenvalue weighted by atomic mass is 14.9. The average molecular weight is 857 g/mol. The van der Waals surface area contributed by atoms with Crippen LogP contribution in [0.3, 0.4) is 0 Å². The van der Waals surface area contributed by atoms with Crippen molar-refractivity contribution < 1.29 is 0 Å². The monoisotopic (exact) mass is 857 g/mol. The molecule has 1 aliphatic carbocycles. The second-order valence-corrected chi connectivity index (χ2v) is 24.6. The Morgan fingerprint density at radius 2 is 0.692 bits per heavy atom. The van der Waals surface area contributed by atoms with E-state index in [9.17, 15) is 0 Å². The maximum absolute atomic E-state index is 5.50. The van der Waals surface area contributed by atoms with Crippen molar-refractivity contribution in [2.75, 3.05) is 0 Å². The lowest BCUT2D eigenvalue weighted by Crippen LogP contribution is -2.17. The summed E-state index contributed by atoms with van der Waals surface area (Å²) in [7, 11) is 0. The molecule has 0 fully saturated rings. The summed E-state index contributed by atoms with van der Waals surface area (Å²) >= 11 is 0. The van der Waals surface area contributed by atoms with Gasteiger partial charge in [-0.25, -0.2) is 9.97 Å². The van der Waals surface area contributed by atoms with Gasteiger partial charge in [0.15, 0.2) is 5.82 Å². The Hall–Kier alpha value is -5.60. The van der Waals surface area contributed by atoms with E-state index in [1.165, 1.54) is 66.8 Å². The van der Waals surface area contributed by atoms with Crippen molar-refractivity contribution in [1.29, 1.82) is 0 Å². The molecule has 0 atom stereocenters. The first-order valence-electron chi connectivity index (χ1n) is 23.8. The molecule has 0 amide bonds. The van der Waals surface area contributed by atoms with Gasteiger partial charge in [-0.05, 0) is 148 Å². The number of nitrogens with zero attached hydrogens (tertiary/aromatic N) is 2. The van der Waals surface area contributed by atoms with Crippen molar-refractivity contribution in [3.05, 3.63) is 166 Å². The van der Waals surface area contributed by atoms with Crippen molar-refractivity contribution in [3.63, 3.8) is 0 Å². The molecule has 0 radical (unpaired) electrons. The third-order valence-corrected chi connectivity index (χ3v) is 13.8. The van der Waals surface area contributed by atoms with Crippen LogP contribution in [0.15, 0.2) is 127 Å². The first-order valence-corrected chi connectivity index (χ1v) is 23.8. The highest BCUT2D eigenvalue weighted by Crippen LogP contribution is 2.50. The van der Waals surface area contributed by atoms with Crippen LogP contribution in [-0.2, 0) is 32.5 Å². The maximum atomic E-state index is 5.50. The minimum absolute atomic E-state index is 0.0346. The van der Waals surface area contributed by atoms with Gasteiger partial charge in [-0.2, -0.15) is 0 Å². The maximum Gasteiger partial charge on any atom is 0.160 e. The molecule has 0 spiro atoms. The van der Waals surface area contributed by atoms with Gasteiger partial charge in [-0.15, -0.1) is 0 Å². The Morgan fingerprint density at radius 3 is 1.17 bits per heavy atom. The van der Waals surface area contributed by atoms with E-state index in [1.54, 1.807) is 0 Å². The van der Waals surface area contributed by atoms with Crippen LogP contribution in [0, 0.1) is 0 Å². The average Bonchev–Trinajstić information content (AvgIpc) is 3.46. The molecule has 334 valence electrons. The fourth-order valence-electron chi connectivity index (χ4n) is 9.27. The predicted molar refractivity (Wildman–Crippen MR) is 280 cm³/mol. The standard InChI is InChI=1S/C63H72N2/c1-58(2,3)46-29-42(28-43(30-46)40-25-26-52-51-23-18-19-24-53(51)63(16,17)54(52)35-40)39-21-20-22-41(27-39)57-64-55(44-31-47(59(4,5)6)36-48(32-44)60(7,8)9)38-56(65-57)45-33-49(61(10,11)12)37-50(34-45)62(13,14)15/h18-38H,1-17H3. The summed E-state index contributed by atoms with van der Waals surface area (Å²) in [6.45, 7) is 39.3. The molecule has 1 aromatic heterocycles. The zero-order valence-electron chi connectivity index (χ0n) is 42.5. The molecule has 0 aliphatic heterocycles. The molecule has 1 heterocycles. The van der Waals surface area contributed by atoms with E-state index in [0.29, 0.717) is 0 Å². The predicted octanol–water partition coefficient (Wildman–Crippen LogP) is 17.6. The van der Waals surface area contributed by atoms with E-state index in [4.69, 9.17) is 9.97 Å². The van der Waals surface area contributed by atoms with E-state index in [-0.39, 0.29) is 32.5 Å². The molecule has 8 rings (SSSR count). The molecule has 7 aromatic rings.